The third-order valence-corrected chi connectivity index (χ3v) is 3.78. The predicted molar refractivity (Wildman–Crippen MR) is 88.5 cm³/mol. The van der Waals surface area contributed by atoms with Gasteiger partial charge in [0.2, 0.25) is 0 Å². The highest BCUT2D eigenvalue weighted by molar-refractivity contribution is 5.89. The molecule has 0 radical (unpaired) electrons. The molecular weight excluding hydrogens is 262 g/mol. The summed E-state index contributed by atoms with van der Waals surface area (Å²) in [4.78, 5) is 15.6. The van der Waals surface area contributed by atoms with Crippen LogP contribution in [0.4, 0.5) is 5.69 Å². The van der Waals surface area contributed by atoms with Crippen LogP contribution in [0.5, 0.6) is 0 Å². The molecule has 0 spiro atoms. The molecule has 3 heteroatoms. The molecule has 1 atom stereocenters. The van der Waals surface area contributed by atoms with E-state index < -0.39 is 5.97 Å². The Labute approximate surface area is 128 Å². The first kappa shape index (κ1) is 17.4. The number of para-hydroxylation sites is 1. The third kappa shape index (κ3) is 6.11. The second kappa shape index (κ2) is 9.32. The van der Waals surface area contributed by atoms with Crippen LogP contribution in [0.2, 0.25) is 0 Å². The lowest BCUT2D eigenvalue weighted by atomic mass is 9.95. The normalized spacial score (nSPS) is 13.2. The Hall–Kier alpha value is -1.64. The van der Waals surface area contributed by atoms with Crippen molar-refractivity contribution < 1.29 is 9.90 Å². The minimum atomic E-state index is -0.731. The lowest BCUT2D eigenvalue weighted by molar-refractivity contribution is -0.137. The van der Waals surface area contributed by atoms with E-state index in [-0.39, 0.29) is 12.3 Å². The zero-order chi connectivity index (χ0) is 15.7. The Kier molecular flexibility index (Phi) is 7.73. The minimum absolute atomic E-state index is 0.210. The van der Waals surface area contributed by atoms with Gasteiger partial charge < -0.3 is 5.11 Å². The topological polar surface area (TPSA) is 49.7 Å². The van der Waals surface area contributed by atoms with E-state index in [0.717, 1.165) is 37.1 Å². The second-order valence-corrected chi connectivity index (χ2v) is 5.52. The number of hydrogen-bond acceptors (Lipinski definition) is 2. The lowest BCUT2D eigenvalue weighted by Crippen LogP contribution is -2.13. The van der Waals surface area contributed by atoms with Gasteiger partial charge >= 0.3 is 5.97 Å². The number of unbranched alkanes of at least 4 members (excludes halogenated alkanes) is 1. The Morgan fingerprint density at radius 1 is 1.24 bits per heavy atom. The van der Waals surface area contributed by atoms with Crippen LogP contribution in [0.1, 0.15) is 58.4 Å². The third-order valence-electron chi connectivity index (χ3n) is 3.78. The van der Waals surface area contributed by atoms with Gasteiger partial charge in [0.1, 0.15) is 0 Å². The van der Waals surface area contributed by atoms with Crippen LogP contribution < -0.4 is 0 Å². The molecule has 21 heavy (non-hydrogen) atoms. The van der Waals surface area contributed by atoms with Crippen LogP contribution in [0, 0.1) is 5.92 Å². The average Bonchev–Trinajstić information content (AvgIpc) is 2.49. The van der Waals surface area contributed by atoms with Crippen LogP contribution in [0.15, 0.2) is 29.3 Å². The zero-order valence-electron chi connectivity index (χ0n) is 13.4. The maximum Gasteiger partial charge on any atom is 0.303 e. The number of nitrogens with zero attached hydrogens (tertiary/aromatic N) is 1. The van der Waals surface area contributed by atoms with E-state index in [0.29, 0.717) is 6.42 Å². The van der Waals surface area contributed by atoms with Crippen LogP contribution in [-0.4, -0.2) is 16.8 Å². The largest absolute Gasteiger partial charge is 0.481 e. The molecule has 1 unspecified atom stereocenters. The van der Waals surface area contributed by atoms with Crippen LogP contribution in [-0.2, 0) is 11.2 Å². The van der Waals surface area contributed by atoms with Gasteiger partial charge in [-0.05, 0) is 43.2 Å². The quantitative estimate of drug-likeness (QED) is 0.649. The first-order valence-electron chi connectivity index (χ1n) is 7.95. The van der Waals surface area contributed by atoms with Crippen molar-refractivity contribution >= 4 is 17.4 Å². The lowest BCUT2D eigenvalue weighted by Gasteiger charge is -2.15. The number of carbonyl (C=O) groups is 1. The molecule has 1 aromatic carbocycles. The maximum atomic E-state index is 10.8. The Morgan fingerprint density at radius 2 is 1.95 bits per heavy atom. The molecule has 0 aliphatic carbocycles. The summed E-state index contributed by atoms with van der Waals surface area (Å²) in [5, 5.41) is 8.85. The van der Waals surface area contributed by atoms with E-state index in [9.17, 15) is 4.79 Å². The van der Waals surface area contributed by atoms with E-state index >= 15 is 0 Å². The Balaban J connectivity index is 2.94. The number of aliphatic carboxylic acids is 1. The van der Waals surface area contributed by atoms with Gasteiger partial charge in [0.25, 0.3) is 0 Å². The zero-order valence-corrected chi connectivity index (χ0v) is 13.4. The van der Waals surface area contributed by atoms with Crippen molar-refractivity contribution in [2.75, 3.05) is 0 Å². The number of aliphatic imine (C=N–C) groups is 1. The summed E-state index contributed by atoms with van der Waals surface area (Å²) in [7, 11) is 0. The summed E-state index contributed by atoms with van der Waals surface area (Å²) in [5.41, 5.74) is 3.42. The number of aryl methyl sites for hydroxylation is 1. The molecule has 0 saturated carbocycles. The van der Waals surface area contributed by atoms with Gasteiger partial charge in [-0.1, -0.05) is 45.4 Å². The van der Waals surface area contributed by atoms with Crippen LogP contribution in [0.25, 0.3) is 0 Å². The maximum absolute atomic E-state index is 10.8. The molecule has 0 aliphatic heterocycles. The molecule has 1 N–H and O–H groups in total. The second-order valence-electron chi connectivity index (χ2n) is 5.52. The van der Waals surface area contributed by atoms with Crippen molar-refractivity contribution in [1.82, 2.24) is 0 Å². The number of carboxylic acids is 1. The average molecular weight is 289 g/mol. The molecule has 0 saturated heterocycles. The van der Waals surface area contributed by atoms with E-state index in [1.165, 1.54) is 5.56 Å². The minimum Gasteiger partial charge on any atom is -0.481 e. The highest BCUT2D eigenvalue weighted by Crippen LogP contribution is 2.23. The van der Waals surface area contributed by atoms with E-state index in [4.69, 9.17) is 10.1 Å². The van der Waals surface area contributed by atoms with Gasteiger partial charge in [-0.2, -0.15) is 0 Å². The summed E-state index contributed by atoms with van der Waals surface area (Å²) in [6.07, 6.45) is 5.01. The van der Waals surface area contributed by atoms with Crippen LogP contribution in [0.3, 0.4) is 0 Å². The number of benzene rings is 1. The molecule has 1 aromatic rings. The van der Waals surface area contributed by atoms with Crippen molar-refractivity contribution in [1.29, 1.82) is 0 Å². The van der Waals surface area contributed by atoms with Gasteiger partial charge in [0.05, 0.1) is 5.69 Å². The molecule has 3 nitrogen and oxygen atoms in total. The van der Waals surface area contributed by atoms with Crippen molar-refractivity contribution in [3.63, 3.8) is 0 Å². The summed E-state index contributed by atoms with van der Waals surface area (Å²) >= 11 is 0. The number of rotatable bonds is 9. The first-order chi connectivity index (χ1) is 10.1. The summed E-state index contributed by atoms with van der Waals surface area (Å²) < 4.78 is 0. The van der Waals surface area contributed by atoms with E-state index in [1.807, 2.05) is 12.1 Å². The van der Waals surface area contributed by atoms with E-state index in [2.05, 4.69) is 32.9 Å². The standard InChI is InChI=1S/C18H27NO2/c1-4-6-10-16(14(3)12-13-18(20)21)19-17-11-8-7-9-15(17)5-2/h7-9,11,14H,4-6,10,12-13H2,1-3H3,(H,20,21). The Morgan fingerprint density at radius 3 is 2.57 bits per heavy atom. The SMILES string of the molecule is CCCCC(=Nc1ccccc1CC)C(C)CCC(=O)O. The van der Waals surface area contributed by atoms with Gasteiger partial charge in [-0.25, -0.2) is 0 Å². The van der Waals surface area contributed by atoms with Crippen molar-refractivity contribution in [2.24, 2.45) is 10.9 Å². The fraction of sp³-hybridized carbons (Fsp3) is 0.556. The molecule has 0 amide bonds. The van der Waals surface area contributed by atoms with Gasteiger partial charge in [0, 0.05) is 12.1 Å². The van der Waals surface area contributed by atoms with Crippen molar-refractivity contribution in [3.05, 3.63) is 29.8 Å². The highest BCUT2D eigenvalue weighted by atomic mass is 16.4. The van der Waals surface area contributed by atoms with E-state index in [1.54, 1.807) is 0 Å². The predicted octanol–water partition coefficient (Wildman–Crippen LogP) is 5.01. The molecule has 0 fully saturated rings. The molecule has 1 rings (SSSR count). The van der Waals surface area contributed by atoms with Gasteiger partial charge in [0.15, 0.2) is 0 Å². The highest BCUT2D eigenvalue weighted by Gasteiger charge is 2.13. The molecule has 0 bridgehead atoms. The first-order valence-corrected chi connectivity index (χ1v) is 7.95. The molecular formula is C18H27NO2. The number of hydrogen-bond donors (Lipinski definition) is 1. The fourth-order valence-corrected chi connectivity index (χ4v) is 2.35. The number of carboxylic acid groups (broad SMARTS) is 1. The van der Waals surface area contributed by atoms with Crippen molar-refractivity contribution in [3.8, 4) is 0 Å². The molecule has 0 aliphatic rings. The molecule has 116 valence electrons. The summed E-state index contributed by atoms with van der Waals surface area (Å²) in [5.74, 6) is -0.511. The Bertz CT molecular complexity index is 480. The smallest absolute Gasteiger partial charge is 0.303 e. The molecule has 0 aromatic heterocycles. The summed E-state index contributed by atoms with van der Waals surface area (Å²) in [6.45, 7) is 6.39. The fourth-order valence-electron chi connectivity index (χ4n) is 2.35. The van der Waals surface area contributed by atoms with Gasteiger partial charge in [-0.15, -0.1) is 0 Å². The molecule has 0 heterocycles. The summed E-state index contributed by atoms with van der Waals surface area (Å²) in [6, 6.07) is 8.21. The monoisotopic (exact) mass is 289 g/mol. The van der Waals surface area contributed by atoms with Gasteiger partial charge in [-0.3, -0.25) is 9.79 Å². The van der Waals surface area contributed by atoms with Crippen LogP contribution >= 0.6 is 0 Å². The van der Waals surface area contributed by atoms with Crippen molar-refractivity contribution in [2.45, 2.75) is 59.3 Å².